The SMILES string of the molecule is CCNC(Cc1cc(Br)cs1)C1(OCC)CCCC(C)C1. The van der Waals surface area contributed by atoms with E-state index in [9.17, 15) is 0 Å². The highest BCUT2D eigenvalue weighted by molar-refractivity contribution is 9.10. The molecule has 4 heteroatoms. The van der Waals surface area contributed by atoms with E-state index in [1.54, 1.807) is 0 Å². The van der Waals surface area contributed by atoms with Gasteiger partial charge in [0.2, 0.25) is 0 Å². The molecule has 3 atom stereocenters. The molecule has 1 aromatic heterocycles. The summed E-state index contributed by atoms with van der Waals surface area (Å²) in [7, 11) is 0. The molecule has 1 aromatic rings. The molecule has 120 valence electrons. The van der Waals surface area contributed by atoms with Crippen LogP contribution >= 0.6 is 27.3 Å². The van der Waals surface area contributed by atoms with Crippen molar-refractivity contribution in [1.82, 2.24) is 5.32 Å². The van der Waals surface area contributed by atoms with Crippen molar-refractivity contribution in [1.29, 1.82) is 0 Å². The molecule has 0 radical (unpaired) electrons. The summed E-state index contributed by atoms with van der Waals surface area (Å²) in [5.74, 6) is 0.765. The molecule has 2 nitrogen and oxygen atoms in total. The molecule has 1 aliphatic rings. The molecule has 0 aliphatic heterocycles. The Labute approximate surface area is 141 Å². The molecule has 1 saturated carbocycles. The van der Waals surface area contributed by atoms with Crippen LogP contribution in [0.25, 0.3) is 0 Å². The quantitative estimate of drug-likeness (QED) is 0.724. The standard InChI is InChI=1S/C17H28BrNOS/c1-4-19-16(10-15-9-14(18)12-21-15)17(20-5-2)8-6-7-13(3)11-17/h9,12-13,16,19H,4-8,10-11H2,1-3H3. The van der Waals surface area contributed by atoms with E-state index in [-0.39, 0.29) is 5.60 Å². The molecule has 0 spiro atoms. The molecule has 1 N–H and O–H groups in total. The Morgan fingerprint density at radius 2 is 2.33 bits per heavy atom. The zero-order valence-corrected chi connectivity index (χ0v) is 15.9. The van der Waals surface area contributed by atoms with Gasteiger partial charge in [-0.1, -0.05) is 26.7 Å². The number of thiophene rings is 1. The lowest BCUT2D eigenvalue weighted by molar-refractivity contribution is -0.0997. The van der Waals surface area contributed by atoms with Crippen LogP contribution in [-0.2, 0) is 11.2 Å². The van der Waals surface area contributed by atoms with Crippen LogP contribution in [-0.4, -0.2) is 24.8 Å². The van der Waals surface area contributed by atoms with Crippen LogP contribution in [0.15, 0.2) is 15.9 Å². The van der Waals surface area contributed by atoms with E-state index >= 15 is 0 Å². The summed E-state index contributed by atoms with van der Waals surface area (Å²) in [6, 6.07) is 2.66. The van der Waals surface area contributed by atoms with Gasteiger partial charge in [-0.15, -0.1) is 11.3 Å². The lowest BCUT2D eigenvalue weighted by Crippen LogP contribution is -2.55. The lowest BCUT2D eigenvalue weighted by atomic mass is 9.73. The second-order valence-corrected chi connectivity index (χ2v) is 8.16. The second kappa shape index (κ2) is 8.09. The van der Waals surface area contributed by atoms with Gasteiger partial charge in [0.15, 0.2) is 0 Å². The molecule has 0 bridgehead atoms. The summed E-state index contributed by atoms with van der Waals surface area (Å²) in [5.41, 5.74) is 0.0128. The van der Waals surface area contributed by atoms with Crippen LogP contribution in [0.3, 0.4) is 0 Å². The molecule has 1 aliphatic carbocycles. The molecule has 21 heavy (non-hydrogen) atoms. The average molecular weight is 374 g/mol. The Hall–Kier alpha value is 0.1000. The molecule has 1 fully saturated rings. The van der Waals surface area contributed by atoms with E-state index in [1.165, 1.54) is 35.0 Å². The van der Waals surface area contributed by atoms with Crippen LogP contribution in [0, 0.1) is 5.92 Å². The van der Waals surface area contributed by atoms with Crippen molar-refractivity contribution < 1.29 is 4.74 Å². The summed E-state index contributed by atoms with van der Waals surface area (Å²) in [6.45, 7) is 8.51. The van der Waals surface area contributed by atoms with Crippen molar-refractivity contribution >= 4 is 27.3 Å². The van der Waals surface area contributed by atoms with Gasteiger partial charge in [0.1, 0.15) is 0 Å². The molecule has 0 amide bonds. The first-order valence-corrected chi connectivity index (χ1v) is 9.87. The first kappa shape index (κ1) is 17.5. The maximum atomic E-state index is 6.36. The summed E-state index contributed by atoms with van der Waals surface area (Å²) < 4.78 is 7.56. The second-order valence-electron chi connectivity index (χ2n) is 6.24. The first-order valence-electron chi connectivity index (χ1n) is 8.20. The van der Waals surface area contributed by atoms with Crippen LogP contribution in [0.2, 0.25) is 0 Å². The van der Waals surface area contributed by atoms with Crippen molar-refractivity contribution in [2.45, 2.75) is 64.5 Å². The first-order chi connectivity index (χ1) is 10.1. The van der Waals surface area contributed by atoms with E-state index in [1.807, 2.05) is 11.3 Å². The highest BCUT2D eigenvalue weighted by atomic mass is 79.9. The highest BCUT2D eigenvalue weighted by Crippen LogP contribution is 2.39. The Morgan fingerprint density at radius 3 is 2.90 bits per heavy atom. The largest absolute Gasteiger partial charge is 0.374 e. The normalized spacial score (nSPS) is 27.7. The maximum absolute atomic E-state index is 6.36. The van der Waals surface area contributed by atoms with Crippen molar-refractivity contribution in [2.75, 3.05) is 13.2 Å². The van der Waals surface area contributed by atoms with Gasteiger partial charge in [-0.25, -0.2) is 0 Å². The zero-order chi connectivity index (χ0) is 15.3. The average Bonchev–Trinajstić information content (AvgIpc) is 2.84. The molecule has 0 aromatic carbocycles. The zero-order valence-electron chi connectivity index (χ0n) is 13.5. The molecule has 1 heterocycles. The Kier molecular flexibility index (Phi) is 6.73. The maximum Gasteiger partial charge on any atom is 0.0840 e. The Balaban J connectivity index is 2.18. The van der Waals surface area contributed by atoms with E-state index in [0.717, 1.165) is 25.5 Å². The third-order valence-corrected chi connectivity index (χ3v) is 6.26. The Morgan fingerprint density at radius 1 is 1.52 bits per heavy atom. The third kappa shape index (κ3) is 4.54. The fourth-order valence-electron chi connectivity index (χ4n) is 3.73. The van der Waals surface area contributed by atoms with Crippen LogP contribution < -0.4 is 5.32 Å². The number of ether oxygens (including phenoxy) is 1. The van der Waals surface area contributed by atoms with Crippen molar-refractivity contribution in [3.8, 4) is 0 Å². The fourth-order valence-corrected chi connectivity index (χ4v) is 5.23. The number of halogens is 1. The number of rotatable bonds is 7. The van der Waals surface area contributed by atoms with Gasteiger partial charge in [0.05, 0.1) is 5.60 Å². The van der Waals surface area contributed by atoms with Crippen LogP contribution in [0.1, 0.15) is 51.3 Å². The number of likely N-dealkylation sites (N-methyl/N-ethyl adjacent to an activating group) is 1. The van der Waals surface area contributed by atoms with Crippen LogP contribution in [0.5, 0.6) is 0 Å². The molecule has 0 saturated heterocycles. The highest BCUT2D eigenvalue weighted by Gasteiger charge is 2.42. The lowest BCUT2D eigenvalue weighted by Gasteiger charge is -2.45. The van der Waals surface area contributed by atoms with Crippen molar-refractivity contribution in [3.05, 3.63) is 20.8 Å². The van der Waals surface area contributed by atoms with Gasteiger partial charge in [-0.05, 0) is 60.6 Å². The van der Waals surface area contributed by atoms with Gasteiger partial charge in [-0.3, -0.25) is 0 Å². The molecule has 3 unspecified atom stereocenters. The Bertz CT molecular complexity index is 432. The number of hydrogen-bond acceptors (Lipinski definition) is 3. The number of hydrogen-bond donors (Lipinski definition) is 1. The minimum absolute atomic E-state index is 0.0128. The minimum Gasteiger partial charge on any atom is -0.374 e. The van der Waals surface area contributed by atoms with Gasteiger partial charge in [-0.2, -0.15) is 0 Å². The molecular weight excluding hydrogens is 346 g/mol. The predicted molar refractivity (Wildman–Crippen MR) is 95.2 cm³/mol. The van der Waals surface area contributed by atoms with Crippen molar-refractivity contribution in [2.24, 2.45) is 5.92 Å². The van der Waals surface area contributed by atoms with Gasteiger partial charge in [0.25, 0.3) is 0 Å². The van der Waals surface area contributed by atoms with Crippen LogP contribution in [0.4, 0.5) is 0 Å². The molecular formula is C17H28BrNOS. The minimum atomic E-state index is 0.0128. The summed E-state index contributed by atoms with van der Waals surface area (Å²) in [5, 5.41) is 5.90. The van der Waals surface area contributed by atoms with E-state index < -0.39 is 0 Å². The van der Waals surface area contributed by atoms with E-state index in [4.69, 9.17) is 4.74 Å². The molecule has 2 rings (SSSR count). The van der Waals surface area contributed by atoms with E-state index in [0.29, 0.717) is 6.04 Å². The third-order valence-electron chi connectivity index (χ3n) is 4.54. The predicted octanol–water partition coefficient (Wildman–Crippen LogP) is 5.02. The summed E-state index contributed by atoms with van der Waals surface area (Å²) in [4.78, 5) is 1.44. The van der Waals surface area contributed by atoms with Gasteiger partial charge >= 0.3 is 0 Å². The summed E-state index contributed by atoms with van der Waals surface area (Å²) >= 11 is 5.41. The van der Waals surface area contributed by atoms with Crippen molar-refractivity contribution in [3.63, 3.8) is 0 Å². The smallest absolute Gasteiger partial charge is 0.0840 e. The van der Waals surface area contributed by atoms with Gasteiger partial charge < -0.3 is 10.1 Å². The van der Waals surface area contributed by atoms with E-state index in [2.05, 4.69) is 53.5 Å². The fraction of sp³-hybridized carbons (Fsp3) is 0.765. The monoisotopic (exact) mass is 373 g/mol. The number of nitrogens with one attached hydrogen (secondary N) is 1. The topological polar surface area (TPSA) is 21.3 Å². The van der Waals surface area contributed by atoms with Gasteiger partial charge in [0, 0.05) is 27.4 Å². The summed E-state index contributed by atoms with van der Waals surface area (Å²) in [6.07, 6.45) is 6.08.